The van der Waals surface area contributed by atoms with Gasteiger partial charge in [-0.3, -0.25) is 4.79 Å². The first-order valence-corrected chi connectivity index (χ1v) is 11.4. The van der Waals surface area contributed by atoms with Crippen LogP contribution in [0.25, 0.3) is 0 Å². The topological polar surface area (TPSA) is 59.8 Å². The molecule has 1 atom stereocenters. The van der Waals surface area contributed by atoms with E-state index in [-0.39, 0.29) is 11.9 Å². The molecule has 0 bridgehead atoms. The van der Waals surface area contributed by atoms with Crippen LogP contribution in [0.2, 0.25) is 0 Å². The highest BCUT2D eigenvalue weighted by Gasteiger charge is 2.20. The van der Waals surface area contributed by atoms with Crippen molar-refractivity contribution in [3.05, 3.63) is 41.2 Å². The van der Waals surface area contributed by atoms with E-state index in [1.807, 2.05) is 0 Å². The van der Waals surface area contributed by atoms with Gasteiger partial charge in [0.05, 0.1) is 11.8 Å². The summed E-state index contributed by atoms with van der Waals surface area (Å²) >= 11 is 1.49. The van der Waals surface area contributed by atoms with E-state index in [1.54, 1.807) is 0 Å². The molecule has 0 radical (unpaired) electrons. The van der Waals surface area contributed by atoms with Gasteiger partial charge >= 0.3 is 0 Å². The van der Waals surface area contributed by atoms with Gasteiger partial charge in [-0.2, -0.15) is 0 Å². The molecule has 2 heterocycles. The highest BCUT2D eigenvalue weighted by molar-refractivity contribution is 7.99. The van der Waals surface area contributed by atoms with Crippen molar-refractivity contribution in [2.24, 2.45) is 5.92 Å². The fourth-order valence-corrected chi connectivity index (χ4v) is 4.43. The molecule has 0 spiro atoms. The quantitative estimate of drug-likeness (QED) is 0.682. The van der Waals surface area contributed by atoms with Crippen molar-refractivity contribution >= 4 is 17.7 Å². The van der Waals surface area contributed by atoms with Gasteiger partial charge in [-0.25, -0.2) is 0 Å². The number of hydrogen-bond acceptors (Lipinski definition) is 4. The molecule has 3 rings (SSSR count). The van der Waals surface area contributed by atoms with Crippen molar-refractivity contribution in [2.75, 3.05) is 5.75 Å². The molecule has 0 unspecified atom stereocenters. The largest absolute Gasteiger partial charge is 0.348 e. The Bertz CT molecular complexity index is 782. The van der Waals surface area contributed by atoms with E-state index < -0.39 is 0 Å². The van der Waals surface area contributed by atoms with Gasteiger partial charge in [-0.1, -0.05) is 70.1 Å². The van der Waals surface area contributed by atoms with E-state index in [1.165, 1.54) is 30.2 Å². The summed E-state index contributed by atoms with van der Waals surface area (Å²) in [6, 6.07) is 8.64. The fourth-order valence-electron chi connectivity index (χ4n) is 3.63. The predicted octanol–water partition coefficient (Wildman–Crippen LogP) is 4.73. The minimum Gasteiger partial charge on any atom is -0.348 e. The molecule has 0 saturated heterocycles. The van der Waals surface area contributed by atoms with Crippen LogP contribution in [-0.4, -0.2) is 26.4 Å². The molecular formula is C22H32N4OS. The lowest BCUT2D eigenvalue weighted by Gasteiger charge is -2.23. The van der Waals surface area contributed by atoms with Crippen molar-refractivity contribution in [1.82, 2.24) is 20.1 Å². The maximum absolute atomic E-state index is 12.6. The van der Waals surface area contributed by atoms with Crippen molar-refractivity contribution in [3.63, 3.8) is 0 Å². The molecule has 1 aromatic carbocycles. The minimum atomic E-state index is 0.0184. The van der Waals surface area contributed by atoms with E-state index in [0.717, 1.165) is 35.9 Å². The average Bonchev–Trinajstić information content (AvgIpc) is 2.90. The van der Waals surface area contributed by atoms with E-state index in [2.05, 4.69) is 72.0 Å². The number of amides is 1. The number of nitrogens with zero attached hydrogens (tertiary/aromatic N) is 3. The van der Waals surface area contributed by atoms with Crippen LogP contribution in [-0.2, 0) is 17.8 Å². The maximum atomic E-state index is 12.6. The number of carbonyl (C=O) groups is 1. The molecule has 0 saturated carbocycles. The summed E-state index contributed by atoms with van der Waals surface area (Å²) in [7, 11) is 0. The Labute approximate surface area is 172 Å². The summed E-state index contributed by atoms with van der Waals surface area (Å²) in [6.07, 6.45) is 4.56. The number of rotatable bonds is 7. The molecule has 1 aromatic heterocycles. The van der Waals surface area contributed by atoms with Crippen molar-refractivity contribution in [2.45, 2.75) is 77.0 Å². The molecule has 1 aliphatic heterocycles. The lowest BCUT2D eigenvalue weighted by atomic mass is 9.93. The smallest absolute Gasteiger partial charge is 0.230 e. The van der Waals surface area contributed by atoms with Gasteiger partial charge in [-0.05, 0) is 35.8 Å². The molecule has 5 nitrogen and oxygen atoms in total. The van der Waals surface area contributed by atoms with Crippen LogP contribution < -0.4 is 5.32 Å². The molecule has 0 aliphatic carbocycles. The van der Waals surface area contributed by atoms with Crippen molar-refractivity contribution in [1.29, 1.82) is 0 Å². The summed E-state index contributed by atoms with van der Waals surface area (Å²) in [5.41, 5.74) is 2.48. The second-order valence-electron chi connectivity index (χ2n) is 8.26. The van der Waals surface area contributed by atoms with Crippen LogP contribution in [0.15, 0.2) is 29.4 Å². The predicted molar refractivity (Wildman–Crippen MR) is 115 cm³/mol. The molecule has 28 heavy (non-hydrogen) atoms. The zero-order chi connectivity index (χ0) is 20.1. The second-order valence-corrected chi connectivity index (χ2v) is 9.20. The number of fused-ring (bicyclic) bond motifs is 1. The van der Waals surface area contributed by atoms with Crippen LogP contribution in [0.3, 0.4) is 0 Å². The number of aromatic nitrogens is 3. The van der Waals surface area contributed by atoms with Crippen LogP contribution in [0.4, 0.5) is 0 Å². The first-order valence-electron chi connectivity index (χ1n) is 10.4. The Morgan fingerprint density at radius 2 is 1.79 bits per heavy atom. The SMILES string of the molecule is CC(C)c1ccc([C@H](NC(=O)CSc2nnc3n2CCCCC3)C(C)C)cc1. The van der Waals surface area contributed by atoms with Gasteiger partial charge in [0.25, 0.3) is 0 Å². The third-order valence-electron chi connectivity index (χ3n) is 5.35. The third kappa shape index (κ3) is 5.16. The second kappa shape index (κ2) is 9.59. The zero-order valence-corrected chi connectivity index (χ0v) is 18.3. The highest BCUT2D eigenvalue weighted by Crippen LogP contribution is 2.25. The van der Waals surface area contributed by atoms with Gasteiger partial charge < -0.3 is 9.88 Å². The molecule has 1 aliphatic rings. The first kappa shape index (κ1) is 20.9. The third-order valence-corrected chi connectivity index (χ3v) is 6.32. The fraction of sp³-hybridized carbons (Fsp3) is 0.591. The Hall–Kier alpha value is -1.82. The monoisotopic (exact) mass is 400 g/mol. The Morgan fingerprint density at radius 1 is 1.07 bits per heavy atom. The highest BCUT2D eigenvalue weighted by atomic mass is 32.2. The number of benzene rings is 1. The van der Waals surface area contributed by atoms with E-state index in [0.29, 0.717) is 17.6 Å². The molecular weight excluding hydrogens is 368 g/mol. The van der Waals surface area contributed by atoms with Gasteiger partial charge in [0.2, 0.25) is 5.91 Å². The number of carbonyl (C=O) groups excluding carboxylic acids is 1. The summed E-state index contributed by atoms with van der Waals surface area (Å²) < 4.78 is 2.19. The molecule has 1 amide bonds. The van der Waals surface area contributed by atoms with Crippen LogP contribution in [0, 0.1) is 5.92 Å². The lowest BCUT2D eigenvalue weighted by molar-refractivity contribution is -0.119. The van der Waals surface area contributed by atoms with Gasteiger partial charge in [0.15, 0.2) is 5.16 Å². The molecule has 6 heteroatoms. The summed E-state index contributed by atoms with van der Waals surface area (Å²) in [5.74, 6) is 2.30. The van der Waals surface area contributed by atoms with E-state index in [4.69, 9.17) is 0 Å². The van der Waals surface area contributed by atoms with Crippen LogP contribution in [0.1, 0.15) is 75.9 Å². The summed E-state index contributed by atoms with van der Waals surface area (Å²) in [4.78, 5) is 12.6. The maximum Gasteiger partial charge on any atom is 0.230 e. The molecule has 152 valence electrons. The Balaban J connectivity index is 1.61. The lowest BCUT2D eigenvalue weighted by Crippen LogP contribution is -2.33. The molecule has 0 fully saturated rings. The Kier molecular flexibility index (Phi) is 7.16. The van der Waals surface area contributed by atoms with Gasteiger partial charge in [0, 0.05) is 13.0 Å². The van der Waals surface area contributed by atoms with Gasteiger partial charge in [0.1, 0.15) is 5.82 Å². The number of nitrogens with one attached hydrogen (secondary N) is 1. The van der Waals surface area contributed by atoms with E-state index in [9.17, 15) is 4.79 Å². The van der Waals surface area contributed by atoms with Gasteiger partial charge in [-0.15, -0.1) is 10.2 Å². The number of hydrogen-bond donors (Lipinski definition) is 1. The summed E-state index contributed by atoms with van der Waals surface area (Å²) in [5, 5.41) is 12.7. The number of aryl methyl sites for hydroxylation is 1. The zero-order valence-electron chi connectivity index (χ0n) is 17.4. The summed E-state index contributed by atoms with van der Waals surface area (Å²) in [6.45, 7) is 9.64. The average molecular weight is 401 g/mol. The molecule has 1 N–H and O–H groups in total. The van der Waals surface area contributed by atoms with Crippen LogP contribution >= 0.6 is 11.8 Å². The first-order chi connectivity index (χ1) is 13.5. The Morgan fingerprint density at radius 3 is 2.46 bits per heavy atom. The molecule has 2 aromatic rings. The van der Waals surface area contributed by atoms with E-state index >= 15 is 0 Å². The van der Waals surface area contributed by atoms with Crippen LogP contribution in [0.5, 0.6) is 0 Å². The number of thioether (sulfide) groups is 1. The standard InChI is InChI=1S/C22H32N4OS/c1-15(2)17-9-11-18(12-10-17)21(16(3)4)23-20(27)14-28-22-25-24-19-8-6-5-7-13-26(19)22/h9-12,15-16,21H,5-8,13-14H2,1-4H3,(H,23,27)/t21-/m1/s1. The van der Waals surface area contributed by atoms with Crippen molar-refractivity contribution < 1.29 is 4.79 Å². The normalized spacial score (nSPS) is 15.4. The van der Waals surface area contributed by atoms with Crippen molar-refractivity contribution in [3.8, 4) is 0 Å². The minimum absolute atomic E-state index is 0.0184.